The summed E-state index contributed by atoms with van der Waals surface area (Å²) in [4.78, 5) is 24.7. The third-order valence-corrected chi connectivity index (χ3v) is 4.20. The predicted molar refractivity (Wildman–Crippen MR) is 111 cm³/mol. The fraction of sp³-hybridized carbons (Fsp3) is 0.130. The molecule has 0 heterocycles. The number of ether oxygens (including phenoxy) is 1. The van der Waals surface area contributed by atoms with E-state index in [9.17, 15) is 9.59 Å². The lowest BCUT2D eigenvalue weighted by molar-refractivity contribution is -0.122. The summed E-state index contributed by atoms with van der Waals surface area (Å²) in [5, 5.41) is 5.72. The molecule has 0 bridgehead atoms. The molecule has 2 amide bonds. The first-order chi connectivity index (χ1) is 13.5. The molecule has 0 saturated carbocycles. The minimum Gasteiger partial charge on any atom is -0.481 e. The molecule has 3 aromatic carbocycles. The number of benzene rings is 3. The molecule has 0 fully saturated rings. The summed E-state index contributed by atoms with van der Waals surface area (Å²) in [5.41, 5.74) is 2.77. The Morgan fingerprint density at radius 2 is 1.50 bits per heavy atom. The Kier molecular flexibility index (Phi) is 6.07. The Hall–Kier alpha value is -3.60. The van der Waals surface area contributed by atoms with E-state index in [0.717, 1.165) is 5.56 Å². The molecule has 0 aliphatic rings. The zero-order valence-electron chi connectivity index (χ0n) is 15.8. The first-order valence-corrected chi connectivity index (χ1v) is 9.02. The van der Waals surface area contributed by atoms with Crippen molar-refractivity contribution in [1.29, 1.82) is 0 Å². The summed E-state index contributed by atoms with van der Waals surface area (Å²) in [7, 11) is 0. The molecule has 3 aromatic rings. The van der Waals surface area contributed by atoms with E-state index >= 15 is 0 Å². The van der Waals surface area contributed by atoms with Crippen LogP contribution in [0.1, 0.15) is 22.8 Å². The van der Waals surface area contributed by atoms with Crippen molar-refractivity contribution >= 4 is 23.2 Å². The van der Waals surface area contributed by atoms with Crippen molar-refractivity contribution in [1.82, 2.24) is 0 Å². The maximum Gasteiger partial charge on any atom is 0.265 e. The van der Waals surface area contributed by atoms with Gasteiger partial charge in [-0.3, -0.25) is 9.59 Å². The van der Waals surface area contributed by atoms with Gasteiger partial charge < -0.3 is 15.4 Å². The molecule has 0 aliphatic heterocycles. The zero-order valence-corrected chi connectivity index (χ0v) is 15.8. The van der Waals surface area contributed by atoms with Gasteiger partial charge in [0.2, 0.25) is 0 Å². The topological polar surface area (TPSA) is 67.4 Å². The highest BCUT2D eigenvalue weighted by Gasteiger charge is 2.15. The van der Waals surface area contributed by atoms with Crippen LogP contribution in [0.2, 0.25) is 0 Å². The van der Waals surface area contributed by atoms with E-state index in [2.05, 4.69) is 10.6 Å². The van der Waals surface area contributed by atoms with Crippen LogP contribution in [0.5, 0.6) is 5.75 Å². The van der Waals surface area contributed by atoms with Gasteiger partial charge in [-0.1, -0.05) is 36.4 Å². The van der Waals surface area contributed by atoms with Crippen molar-refractivity contribution in [3.8, 4) is 5.75 Å². The van der Waals surface area contributed by atoms with Crippen LogP contribution in [0.15, 0.2) is 78.9 Å². The molecule has 0 aromatic heterocycles. The van der Waals surface area contributed by atoms with Gasteiger partial charge in [0.1, 0.15) is 5.75 Å². The van der Waals surface area contributed by atoms with Gasteiger partial charge in [-0.15, -0.1) is 0 Å². The second kappa shape index (κ2) is 8.86. The van der Waals surface area contributed by atoms with E-state index in [1.807, 2.05) is 49.4 Å². The molecule has 5 nitrogen and oxygen atoms in total. The monoisotopic (exact) mass is 374 g/mol. The highest BCUT2D eigenvalue weighted by Crippen LogP contribution is 2.21. The standard InChI is InChI=1S/C23H22N2O3/c1-16-15-19(24-22(26)17(2)28-20-11-7-4-8-12-20)13-14-21(16)25-23(27)18-9-5-3-6-10-18/h3-15,17H,1-2H3,(H,24,26)(H,25,27). The second-order valence-electron chi connectivity index (χ2n) is 6.41. The maximum atomic E-state index is 12.4. The van der Waals surface area contributed by atoms with Crippen LogP contribution in [0.25, 0.3) is 0 Å². The van der Waals surface area contributed by atoms with Gasteiger partial charge in [0.25, 0.3) is 11.8 Å². The molecule has 28 heavy (non-hydrogen) atoms. The number of hydrogen-bond donors (Lipinski definition) is 2. The molecule has 0 spiro atoms. The Morgan fingerprint density at radius 1 is 0.857 bits per heavy atom. The van der Waals surface area contributed by atoms with Crippen molar-refractivity contribution in [2.45, 2.75) is 20.0 Å². The number of carbonyl (C=O) groups excluding carboxylic acids is 2. The van der Waals surface area contributed by atoms with Crippen LogP contribution in [-0.2, 0) is 4.79 Å². The van der Waals surface area contributed by atoms with Crippen molar-refractivity contribution in [2.24, 2.45) is 0 Å². The van der Waals surface area contributed by atoms with Crippen LogP contribution < -0.4 is 15.4 Å². The highest BCUT2D eigenvalue weighted by molar-refractivity contribution is 6.04. The number of rotatable bonds is 6. The summed E-state index contributed by atoms with van der Waals surface area (Å²) in [6.45, 7) is 3.57. The van der Waals surface area contributed by atoms with Crippen molar-refractivity contribution in [2.75, 3.05) is 10.6 Å². The molecule has 5 heteroatoms. The third kappa shape index (κ3) is 4.98. The number of carbonyl (C=O) groups is 2. The van der Waals surface area contributed by atoms with Crippen molar-refractivity contribution in [3.63, 3.8) is 0 Å². The first-order valence-electron chi connectivity index (χ1n) is 9.02. The van der Waals surface area contributed by atoms with E-state index in [-0.39, 0.29) is 11.8 Å². The van der Waals surface area contributed by atoms with Crippen molar-refractivity contribution in [3.05, 3.63) is 90.0 Å². The van der Waals surface area contributed by atoms with Crippen LogP contribution in [0.3, 0.4) is 0 Å². The minimum absolute atomic E-state index is 0.176. The molecular formula is C23H22N2O3. The number of para-hydroxylation sites is 1. The Balaban J connectivity index is 1.62. The molecule has 1 atom stereocenters. The summed E-state index contributed by atoms with van der Waals surface area (Å²) in [6.07, 6.45) is -0.639. The lowest BCUT2D eigenvalue weighted by Crippen LogP contribution is -2.30. The fourth-order valence-corrected chi connectivity index (χ4v) is 2.67. The highest BCUT2D eigenvalue weighted by atomic mass is 16.5. The predicted octanol–water partition coefficient (Wildman–Crippen LogP) is 4.65. The van der Waals surface area contributed by atoms with Crippen LogP contribution in [-0.4, -0.2) is 17.9 Å². The number of amides is 2. The average molecular weight is 374 g/mol. The van der Waals surface area contributed by atoms with E-state index in [1.165, 1.54) is 0 Å². The summed E-state index contributed by atoms with van der Waals surface area (Å²) < 4.78 is 5.63. The van der Waals surface area contributed by atoms with Crippen LogP contribution >= 0.6 is 0 Å². The molecular weight excluding hydrogens is 352 g/mol. The molecule has 2 N–H and O–H groups in total. The SMILES string of the molecule is Cc1cc(NC(=O)C(C)Oc2ccccc2)ccc1NC(=O)c1ccccc1. The molecule has 3 rings (SSSR count). The van der Waals surface area contributed by atoms with E-state index in [4.69, 9.17) is 4.74 Å². The quantitative estimate of drug-likeness (QED) is 0.660. The number of anilines is 2. The normalized spacial score (nSPS) is 11.4. The third-order valence-electron chi connectivity index (χ3n) is 4.20. The molecule has 142 valence electrons. The smallest absolute Gasteiger partial charge is 0.265 e. The maximum absolute atomic E-state index is 12.4. The molecule has 0 saturated heterocycles. The van der Waals surface area contributed by atoms with E-state index in [1.54, 1.807) is 43.3 Å². The molecule has 0 radical (unpaired) electrons. The van der Waals surface area contributed by atoms with E-state index in [0.29, 0.717) is 22.7 Å². The Labute approximate surface area is 164 Å². The summed E-state index contributed by atoms with van der Waals surface area (Å²) in [6, 6.07) is 23.6. The van der Waals surface area contributed by atoms with Gasteiger partial charge in [-0.2, -0.15) is 0 Å². The fourth-order valence-electron chi connectivity index (χ4n) is 2.67. The molecule has 1 unspecified atom stereocenters. The van der Waals surface area contributed by atoms with Gasteiger partial charge in [0.15, 0.2) is 6.10 Å². The first kappa shape index (κ1) is 19.2. The van der Waals surface area contributed by atoms with Gasteiger partial charge >= 0.3 is 0 Å². The largest absolute Gasteiger partial charge is 0.481 e. The van der Waals surface area contributed by atoms with Gasteiger partial charge in [0.05, 0.1) is 0 Å². The summed E-state index contributed by atoms with van der Waals surface area (Å²) >= 11 is 0. The van der Waals surface area contributed by atoms with Crippen LogP contribution in [0, 0.1) is 6.92 Å². The minimum atomic E-state index is -0.639. The lowest BCUT2D eigenvalue weighted by Gasteiger charge is -2.16. The lowest BCUT2D eigenvalue weighted by atomic mass is 10.1. The molecule has 0 aliphatic carbocycles. The summed E-state index contributed by atoms with van der Waals surface area (Å²) in [5.74, 6) is 0.218. The van der Waals surface area contributed by atoms with Crippen LogP contribution in [0.4, 0.5) is 11.4 Å². The zero-order chi connectivity index (χ0) is 19.9. The van der Waals surface area contributed by atoms with E-state index < -0.39 is 6.10 Å². The Bertz CT molecular complexity index is 956. The average Bonchev–Trinajstić information content (AvgIpc) is 2.71. The van der Waals surface area contributed by atoms with Gasteiger partial charge in [-0.25, -0.2) is 0 Å². The Morgan fingerprint density at radius 3 is 2.14 bits per heavy atom. The second-order valence-corrected chi connectivity index (χ2v) is 6.41. The van der Waals surface area contributed by atoms with Gasteiger partial charge in [0, 0.05) is 16.9 Å². The number of nitrogens with one attached hydrogen (secondary N) is 2. The van der Waals surface area contributed by atoms with Crippen molar-refractivity contribution < 1.29 is 14.3 Å². The van der Waals surface area contributed by atoms with Gasteiger partial charge in [-0.05, 0) is 61.9 Å². The number of hydrogen-bond acceptors (Lipinski definition) is 3. The number of aryl methyl sites for hydroxylation is 1.